The summed E-state index contributed by atoms with van der Waals surface area (Å²) in [5, 5.41) is 1.40. The predicted molar refractivity (Wildman–Crippen MR) is 71.3 cm³/mol. The summed E-state index contributed by atoms with van der Waals surface area (Å²) in [4.78, 5) is 0. The number of sulfonamides is 1. The third-order valence-corrected chi connectivity index (χ3v) is 5.13. The summed E-state index contributed by atoms with van der Waals surface area (Å²) in [6.45, 7) is 1.10. The maximum Gasteiger partial charge on any atom is 0.236 e. The van der Waals surface area contributed by atoms with Crippen LogP contribution < -0.4 is 0 Å². The summed E-state index contributed by atoms with van der Waals surface area (Å²) >= 11 is 0. The quantitative estimate of drug-likeness (QED) is 0.839. The first kappa shape index (κ1) is 11.9. The van der Waals surface area contributed by atoms with Crippen LogP contribution in [0, 0.1) is 5.92 Å². The van der Waals surface area contributed by atoms with Crippen molar-refractivity contribution in [2.24, 2.45) is 5.92 Å². The monoisotopic (exact) mass is 263 g/mol. The zero-order valence-corrected chi connectivity index (χ0v) is 11.1. The van der Waals surface area contributed by atoms with Crippen molar-refractivity contribution in [3.63, 3.8) is 0 Å². The molecule has 0 saturated heterocycles. The van der Waals surface area contributed by atoms with Crippen LogP contribution in [0.3, 0.4) is 0 Å². The fourth-order valence-electron chi connectivity index (χ4n) is 2.27. The minimum Gasteiger partial charge on any atom is -0.208 e. The average molecular weight is 263 g/mol. The van der Waals surface area contributed by atoms with Crippen molar-refractivity contribution in [1.29, 1.82) is 0 Å². The topological polar surface area (TPSA) is 37.4 Å². The summed E-state index contributed by atoms with van der Waals surface area (Å²) in [5.41, 5.74) is 2.40. The molecule has 0 radical (unpaired) electrons. The van der Waals surface area contributed by atoms with Crippen LogP contribution in [0.5, 0.6) is 0 Å². The fraction of sp³-hybridized carbons (Fsp3) is 0.429. The van der Waals surface area contributed by atoms with Crippen molar-refractivity contribution in [2.45, 2.75) is 25.8 Å². The van der Waals surface area contributed by atoms with E-state index in [0.29, 0.717) is 19.0 Å². The van der Waals surface area contributed by atoms with Gasteiger partial charge in [0.05, 0.1) is 0 Å². The third-order valence-electron chi connectivity index (χ3n) is 3.60. The average Bonchev–Trinajstić information content (AvgIpc) is 3.20. The lowest BCUT2D eigenvalue weighted by atomic mass is 10.0. The van der Waals surface area contributed by atoms with Crippen molar-refractivity contribution >= 4 is 10.0 Å². The van der Waals surface area contributed by atoms with E-state index >= 15 is 0 Å². The lowest BCUT2D eigenvalue weighted by molar-refractivity contribution is 0.397. The Balaban J connectivity index is 1.78. The van der Waals surface area contributed by atoms with E-state index in [0.717, 1.165) is 24.8 Å². The van der Waals surface area contributed by atoms with Gasteiger partial charge in [-0.15, -0.1) is 0 Å². The largest absolute Gasteiger partial charge is 0.236 e. The van der Waals surface area contributed by atoms with Gasteiger partial charge in [0.15, 0.2) is 0 Å². The Morgan fingerprint density at radius 3 is 2.61 bits per heavy atom. The molecule has 0 atom stereocenters. The van der Waals surface area contributed by atoms with Crippen LogP contribution in [-0.2, 0) is 23.0 Å². The SMILES string of the molecule is O=S(=O)(/C=C/C1CC1)N1CCc2ccccc2C1. The molecule has 1 heterocycles. The van der Waals surface area contributed by atoms with Crippen molar-refractivity contribution < 1.29 is 8.42 Å². The van der Waals surface area contributed by atoms with Gasteiger partial charge in [0.2, 0.25) is 10.0 Å². The van der Waals surface area contributed by atoms with Crippen LogP contribution in [-0.4, -0.2) is 19.3 Å². The van der Waals surface area contributed by atoms with Gasteiger partial charge in [0.1, 0.15) is 0 Å². The zero-order chi connectivity index (χ0) is 12.6. The van der Waals surface area contributed by atoms with E-state index in [9.17, 15) is 8.42 Å². The Labute approximate surface area is 108 Å². The smallest absolute Gasteiger partial charge is 0.208 e. The molecule has 3 nitrogen and oxygen atoms in total. The molecular formula is C14H17NO2S. The summed E-state index contributed by atoms with van der Waals surface area (Å²) in [6, 6.07) is 8.08. The summed E-state index contributed by atoms with van der Waals surface area (Å²) in [7, 11) is -3.23. The molecule has 0 amide bonds. The molecule has 0 aromatic heterocycles. The fourth-order valence-corrected chi connectivity index (χ4v) is 3.53. The van der Waals surface area contributed by atoms with E-state index < -0.39 is 10.0 Å². The van der Waals surface area contributed by atoms with Gasteiger partial charge in [0, 0.05) is 18.5 Å². The molecule has 1 aliphatic heterocycles. The molecule has 4 heteroatoms. The molecule has 1 fully saturated rings. The van der Waals surface area contributed by atoms with E-state index in [-0.39, 0.29) is 0 Å². The standard InChI is InChI=1S/C14H17NO2S/c16-18(17,10-8-12-5-6-12)15-9-7-13-3-1-2-4-14(13)11-15/h1-4,8,10,12H,5-7,9,11H2/b10-8+. The minimum absolute atomic E-state index is 0.497. The molecule has 0 unspecified atom stereocenters. The predicted octanol–water partition coefficient (Wildman–Crippen LogP) is 2.30. The molecule has 3 rings (SSSR count). The maximum absolute atomic E-state index is 12.2. The van der Waals surface area contributed by atoms with E-state index in [1.807, 2.05) is 24.3 Å². The summed E-state index contributed by atoms with van der Waals surface area (Å²) in [6.07, 6.45) is 4.92. The van der Waals surface area contributed by atoms with E-state index in [2.05, 4.69) is 6.07 Å². The molecule has 0 bridgehead atoms. The van der Waals surface area contributed by atoms with Crippen molar-refractivity contribution in [3.8, 4) is 0 Å². The molecule has 1 saturated carbocycles. The molecule has 2 aliphatic rings. The lowest BCUT2D eigenvalue weighted by Crippen LogP contribution is -2.34. The summed E-state index contributed by atoms with van der Waals surface area (Å²) < 4.78 is 25.9. The molecule has 1 aliphatic carbocycles. The molecule has 96 valence electrons. The normalized spacial score (nSPS) is 21.1. The van der Waals surface area contributed by atoms with Gasteiger partial charge in [-0.3, -0.25) is 0 Å². The van der Waals surface area contributed by atoms with E-state index in [1.165, 1.54) is 11.0 Å². The van der Waals surface area contributed by atoms with Crippen LogP contribution in [0.4, 0.5) is 0 Å². The second-order valence-electron chi connectivity index (χ2n) is 5.06. The number of hydrogen-bond acceptors (Lipinski definition) is 2. The highest BCUT2D eigenvalue weighted by atomic mass is 32.2. The second-order valence-corrected chi connectivity index (χ2v) is 6.88. The Kier molecular flexibility index (Phi) is 2.99. The summed E-state index contributed by atoms with van der Waals surface area (Å²) in [5.74, 6) is 0.497. The third kappa shape index (κ3) is 2.49. The number of fused-ring (bicyclic) bond motifs is 1. The van der Waals surface area contributed by atoms with Crippen LogP contribution in [0.25, 0.3) is 0 Å². The lowest BCUT2D eigenvalue weighted by Gasteiger charge is -2.26. The highest BCUT2D eigenvalue weighted by molar-refractivity contribution is 7.92. The van der Waals surface area contributed by atoms with Crippen LogP contribution in [0.15, 0.2) is 35.7 Å². The molecule has 1 aromatic carbocycles. The van der Waals surface area contributed by atoms with E-state index in [1.54, 1.807) is 4.31 Å². The van der Waals surface area contributed by atoms with Gasteiger partial charge in [-0.05, 0) is 36.3 Å². The number of benzene rings is 1. The molecule has 1 aromatic rings. The Morgan fingerprint density at radius 2 is 1.89 bits per heavy atom. The van der Waals surface area contributed by atoms with Gasteiger partial charge in [-0.1, -0.05) is 30.3 Å². The number of hydrogen-bond donors (Lipinski definition) is 0. The highest BCUT2D eigenvalue weighted by Crippen LogP contribution is 2.31. The first-order chi connectivity index (χ1) is 8.65. The zero-order valence-electron chi connectivity index (χ0n) is 10.2. The molecule has 18 heavy (non-hydrogen) atoms. The van der Waals surface area contributed by atoms with E-state index in [4.69, 9.17) is 0 Å². The first-order valence-corrected chi connectivity index (χ1v) is 7.90. The van der Waals surface area contributed by atoms with Gasteiger partial charge in [-0.25, -0.2) is 8.42 Å². The maximum atomic E-state index is 12.2. The van der Waals surface area contributed by atoms with Gasteiger partial charge in [0.25, 0.3) is 0 Å². The number of allylic oxidation sites excluding steroid dienone is 1. The highest BCUT2D eigenvalue weighted by Gasteiger charge is 2.25. The Hall–Kier alpha value is -1.13. The van der Waals surface area contributed by atoms with Crippen molar-refractivity contribution in [3.05, 3.63) is 46.9 Å². The van der Waals surface area contributed by atoms with Crippen LogP contribution in [0.1, 0.15) is 24.0 Å². The van der Waals surface area contributed by atoms with Crippen LogP contribution >= 0.6 is 0 Å². The Morgan fingerprint density at radius 1 is 1.17 bits per heavy atom. The molecular weight excluding hydrogens is 246 g/mol. The van der Waals surface area contributed by atoms with Gasteiger partial charge in [-0.2, -0.15) is 4.31 Å². The number of rotatable bonds is 3. The number of nitrogens with zero attached hydrogens (tertiary/aromatic N) is 1. The van der Waals surface area contributed by atoms with Gasteiger partial charge < -0.3 is 0 Å². The molecule has 0 spiro atoms. The van der Waals surface area contributed by atoms with Crippen molar-refractivity contribution in [1.82, 2.24) is 4.31 Å². The molecule has 0 N–H and O–H groups in total. The second kappa shape index (κ2) is 4.52. The van der Waals surface area contributed by atoms with Crippen LogP contribution in [0.2, 0.25) is 0 Å². The van der Waals surface area contributed by atoms with Crippen molar-refractivity contribution in [2.75, 3.05) is 6.54 Å². The first-order valence-electron chi connectivity index (χ1n) is 6.40. The minimum atomic E-state index is -3.23. The van der Waals surface area contributed by atoms with Gasteiger partial charge >= 0.3 is 0 Å². The Bertz CT molecular complexity index is 573.